The molecule has 1 heterocycles. The lowest BCUT2D eigenvalue weighted by molar-refractivity contribution is 0.661. The van der Waals surface area contributed by atoms with Crippen LogP contribution in [-0.2, 0) is 5.41 Å². The minimum Gasteiger partial charge on any atom is -0.313 e. The fourth-order valence-corrected chi connectivity index (χ4v) is 10.4. The van der Waals surface area contributed by atoms with E-state index in [2.05, 4.69) is 194 Å². The molecule has 1 heteroatoms. The van der Waals surface area contributed by atoms with Crippen LogP contribution >= 0.6 is 0 Å². The summed E-state index contributed by atoms with van der Waals surface area (Å²) in [6.07, 6.45) is 8.88. The van der Waals surface area contributed by atoms with Gasteiger partial charge in [0.1, 0.15) is 0 Å². The highest BCUT2D eigenvalue weighted by molar-refractivity contribution is 6.25. The lowest BCUT2D eigenvalue weighted by Crippen LogP contribution is -2.15. The van der Waals surface area contributed by atoms with Gasteiger partial charge in [0.05, 0.1) is 11.0 Å². The predicted molar refractivity (Wildman–Crippen MR) is 241 cm³/mol. The largest absolute Gasteiger partial charge is 0.313 e. The van der Waals surface area contributed by atoms with Gasteiger partial charge >= 0.3 is 0 Å². The molecule has 0 saturated heterocycles. The maximum atomic E-state index is 2.53. The monoisotopic (exact) mass is 713 g/mol. The van der Waals surface area contributed by atoms with E-state index in [1.165, 1.54) is 115 Å². The van der Waals surface area contributed by atoms with Gasteiger partial charge in [0.2, 0.25) is 0 Å². The van der Waals surface area contributed by atoms with Crippen LogP contribution in [0.15, 0.2) is 176 Å². The minimum absolute atomic E-state index is 0.111. The normalized spacial score (nSPS) is 14.6. The van der Waals surface area contributed by atoms with E-state index in [0.717, 1.165) is 12.8 Å². The van der Waals surface area contributed by atoms with Crippen molar-refractivity contribution in [2.45, 2.75) is 32.1 Å². The van der Waals surface area contributed by atoms with Gasteiger partial charge in [-0.2, -0.15) is 0 Å². The maximum absolute atomic E-state index is 2.53. The zero-order valence-corrected chi connectivity index (χ0v) is 31.6. The van der Waals surface area contributed by atoms with E-state index >= 15 is 0 Å². The van der Waals surface area contributed by atoms with Gasteiger partial charge in [-0.1, -0.05) is 153 Å². The van der Waals surface area contributed by atoms with Crippen LogP contribution in [0, 0.1) is 0 Å². The standard InChI is InChI=1S/C55H39N/c1-55(2)48-27-15-14-26-44(48)54-39-21-9-8-20-38(39)47(33-49(54)55)53-42-24-12-10-22-40(42)52(41-23-11-13-25-43(41)53)36-28-29-50-45(31-36)46-30-34-16-6-7-17-35(34)32-51(46)56(50)37-18-4-3-5-19-37/h3-4,6-18,20-33H,5,19H2,1-2H3. The number of rotatable bonds is 3. The van der Waals surface area contributed by atoms with Crippen LogP contribution in [0.5, 0.6) is 0 Å². The Morgan fingerprint density at radius 2 is 1.04 bits per heavy atom. The molecule has 0 radical (unpaired) electrons. The summed E-state index contributed by atoms with van der Waals surface area (Å²) in [5, 5.41) is 12.9. The summed E-state index contributed by atoms with van der Waals surface area (Å²) in [6, 6.07) is 59.7. The Morgan fingerprint density at radius 3 is 1.73 bits per heavy atom. The van der Waals surface area contributed by atoms with Gasteiger partial charge in [0.15, 0.2) is 0 Å². The molecule has 264 valence electrons. The van der Waals surface area contributed by atoms with E-state index in [4.69, 9.17) is 0 Å². The van der Waals surface area contributed by atoms with Gasteiger partial charge in [-0.25, -0.2) is 0 Å². The summed E-state index contributed by atoms with van der Waals surface area (Å²) in [6.45, 7) is 4.79. The summed E-state index contributed by atoms with van der Waals surface area (Å²) in [7, 11) is 0. The Bertz CT molecular complexity index is 3330. The molecule has 0 fully saturated rings. The first-order valence-electron chi connectivity index (χ1n) is 20.0. The van der Waals surface area contributed by atoms with Gasteiger partial charge in [0.25, 0.3) is 0 Å². The second-order valence-electron chi connectivity index (χ2n) is 16.3. The average molecular weight is 714 g/mol. The third-order valence-corrected chi connectivity index (χ3v) is 13.0. The third-order valence-electron chi connectivity index (χ3n) is 13.0. The van der Waals surface area contributed by atoms with Crippen molar-refractivity contribution >= 4 is 70.6 Å². The molecule has 10 aromatic rings. The molecule has 0 N–H and O–H groups in total. The fourth-order valence-electron chi connectivity index (χ4n) is 10.4. The highest BCUT2D eigenvalue weighted by atomic mass is 15.0. The molecule has 0 aliphatic heterocycles. The lowest BCUT2D eigenvalue weighted by Gasteiger charge is -2.24. The highest BCUT2D eigenvalue weighted by Crippen LogP contribution is 2.55. The molecule has 0 atom stereocenters. The van der Waals surface area contributed by atoms with Crippen molar-refractivity contribution in [2.75, 3.05) is 0 Å². The van der Waals surface area contributed by atoms with Crippen molar-refractivity contribution in [2.24, 2.45) is 0 Å². The summed E-state index contributed by atoms with van der Waals surface area (Å²) >= 11 is 0. The molecule has 2 aliphatic carbocycles. The number of fused-ring (bicyclic) bond motifs is 11. The van der Waals surface area contributed by atoms with Crippen LogP contribution in [0.4, 0.5) is 0 Å². The first kappa shape index (κ1) is 31.6. The number of allylic oxidation sites excluding steroid dienone is 4. The van der Waals surface area contributed by atoms with Gasteiger partial charge in [0, 0.05) is 21.9 Å². The van der Waals surface area contributed by atoms with Crippen LogP contribution in [0.2, 0.25) is 0 Å². The van der Waals surface area contributed by atoms with Crippen molar-refractivity contribution in [1.29, 1.82) is 0 Å². The van der Waals surface area contributed by atoms with Crippen LogP contribution in [0.25, 0.3) is 104 Å². The molecule has 0 unspecified atom stereocenters. The number of benzene rings is 9. The molecule has 0 bridgehead atoms. The third kappa shape index (κ3) is 4.31. The first-order chi connectivity index (χ1) is 27.6. The quantitative estimate of drug-likeness (QED) is 0.161. The van der Waals surface area contributed by atoms with Crippen LogP contribution < -0.4 is 0 Å². The molecule has 0 spiro atoms. The SMILES string of the molecule is CC1(C)c2ccccc2-c2c1cc(-c1c3ccccc3c(-c3ccc4c(c3)c3cc5ccccc5cc3n4C3=CC=CCC3)c3ccccc13)c1ccccc21. The molecule has 1 aromatic heterocycles. The zero-order chi connectivity index (χ0) is 37.1. The Balaban J connectivity index is 1.17. The second kappa shape index (κ2) is 11.7. The Labute approximate surface area is 326 Å². The summed E-state index contributed by atoms with van der Waals surface area (Å²) in [5.74, 6) is 0. The molecule has 56 heavy (non-hydrogen) atoms. The Morgan fingerprint density at radius 1 is 0.446 bits per heavy atom. The molecule has 0 saturated carbocycles. The van der Waals surface area contributed by atoms with E-state index in [-0.39, 0.29) is 5.41 Å². The van der Waals surface area contributed by atoms with Crippen molar-refractivity contribution in [3.63, 3.8) is 0 Å². The maximum Gasteiger partial charge on any atom is 0.0544 e. The average Bonchev–Trinajstić information content (AvgIpc) is 3.68. The predicted octanol–water partition coefficient (Wildman–Crippen LogP) is 15.2. The van der Waals surface area contributed by atoms with Gasteiger partial charge in [-0.05, 0) is 137 Å². The topological polar surface area (TPSA) is 4.93 Å². The van der Waals surface area contributed by atoms with Crippen LogP contribution in [0.1, 0.15) is 37.8 Å². The highest BCUT2D eigenvalue weighted by Gasteiger charge is 2.37. The van der Waals surface area contributed by atoms with Gasteiger partial charge in [-0.3, -0.25) is 0 Å². The zero-order valence-electron chi connectivity index (χ0n) is 31.6. The summed E-state index contributed by atoms with van der Waals surface area (Å²) in [4.78, 5) is 0. The fraction of sp³-hybridized carbons (Fsp3) is 0.0909. The minimum atomic E-state index is -0.111. The molecule has 9 aromatic carbocycles. The summed E-state index contributed by atoms with van der Waals surface area (Å²) < 4.78 is 2.52. The number of hydrogen-bond donors (Lipinski definition) is 0. The van der Waals surface area contributed by atoms with Crippen molar-refractivity contribution in [3.05, 3.63) is 187 Å². The Hall–Kier alpha value is -6.70. The van der Waals surface area contributed by atoms with E-state index in [9.17, 15) is 0 Å². The summed E-state index contributed by atoms with van der Waals surface area (Å²) in [5.41, 5.74) is 14.5. The van der Waals surface area contributed by atoms with E-state index in [1.807, 2.05) is 0 Å². The first-order valence-corrected chi connectivity index (χ1v) is 20.0. The molecule has 12 rings (SSSR count). The number of aromatic nitrogens is 1. The van der Waals surface area contributed by atoms with E-state index in [1.54, 1.807) is 0 Å². The van der Waals surface area contributed by atoms with Crippen LogP contribution in [-0.4, -0.2) is 4.57 Å². The molecular formula is C55H39N. The van der Waals surface area contributed by atoms with Crippen molar-refractivity contribution < 1.29 is 0 Å². The Kier molecular flexibility index (Phi) is 6.58. The number of hydrogen-bond acceptors (Lipinski definition) is 0. The molecular weight excluding hydrogens is 675 g/mol. The van der Waals surface area contributed by atoms with Gasteiger partial charge < -0.3 is 4.57 Å². The van der Waals surface area contributed by atoms with Crippen LogP contribution in [0.3, 0.4) is 0 Å². The van der Waals surface area contributed by atoms with Crippen molar-refractivity contribution in [3.8, 4) is 33.4 Å². The van der Waals surface area contributed by atoms with Gasteiger partial charge in [-0.15, -0.1) is 0 Å². The van der Waals surface area contributed by atoms with Crippen molar-refractivity contribution in [1.82, 2.24) is 4.57 Å². The lowest BCUT2D eigenvalue weighted by atomic mass is 9.79. The van der Waals surface area contributed by atoms with E-state index < -0.39 is 0 Å². The second-order valence-corrected chi connectivity index (χ2v) is 16.3. The smallest absolute Gasteiger partial charge is 0.0544 e. The van der Waals surface area contributed by atoms with E-state index in [0.29, 0.717) is 0 Å². The molecule has 0 amide bonds. The number of nitrogens with zero attached hydrogens (tertiary/aromatic N) is 1. The molecule has 1 nitrogen and oxygen atoms in total. The molecule has 2 aliphatic rings.